The van der Waals surface area contributed by atoms with Crippen LogP contribution in [0.5, 0.6) is 5.88 Å². The summed E-state index contributed by atoms with van der Waals surface area (Å²) in [5.74, 6) is -1.41. The van der Waals surface area contributed by atoms with E-state index in [1.165, 1.54) is 12.1 Å². The number of H-pyrrole nitrogens is 1. The molecule has 5 rings (SSSR count). The van der Waals surface area contributed by atoms with E-state index in [0.717, 1.165) is 36.1 Å². The minimum Gasteiger partial charge on any atom is -0.474 e. The maximum Gasteiger partial charge on any atom is 0.264 e. The summed E-state index contributed by atoms with van der Waals surface area (Å²) >= 11 is 0. The molecule has 1 aliphatic heterocycles. The molecule has 1 aliphatic rings. The molecule has 0 bridgehead atoms. The molecule has 2 aromatic carbocycles. The molecule has 0 amide bonds. The number of aryl methyl sites for hydroxylation is 1. The maximum absolute atomic E-state index is 14.1. The van der Waals surface area contributed by atoms with Gasteiger partial charge >= 0.3 is 0 Å². The minimum atomic E-state index is -4.33. The molecule has 1 fully saturated rings. The SMILES string of the molecule is Cc1[nH]nc2cc(-c3ccc(NS(=O)(=O)c4cc(F)ccc4F)cc3)nc(OC3CC(C)(C)NC(C)(C)C3)c12. The molecule has 0 unspecified atom stereocenters. The van der Waals surface area contributed by atoms with Gasteiger partial charge in [-0.2, -0.15) is 5.10 Å². The Labute approximate surface area is 226 Å². The van der Waals surface area contributed by atoms with Crippen molar-refractivity contribution in [3.63, 3.8) is 0 Å². The molecule has 3 heterocycles. The van der Waals surface area contributed by atoms with Crippen molar-refractivity contribution in [2.24, 2.45) is 0 Å². The Bertz CT molecular complexity index is 1630. The van der Waals surface area contributed by atoms with E-state index in [1.807, 2.05) is 13.0 Å². The van der Waals surface area contributed by atoms with Crippen LogP contribution >= 0.6 is 0 Å². The van der Waals surface area contributed by atoms with Crippen LogP contribution in [0.3, 0.4) is 0 Å². The molecule has 3 N–H and O–H groups in total. The molecule has 39 heavy (non-hydrogen) atoms. The van der Waals surface area contributed by atoms with Gasteiger partial charge in [-0.3, -0.25) is 9.82 Å². The number of hydrogen-bond acceptors (Lipinski definition) is 6. The van der Waals surface area contributed by atoms with Gasteiger partial charge in [-0.05, 0) is 71.0 Å². The highest BCUT2D eigenvalue weighted by atomic mass is 32.2. The molecule has 0 saturated carbocycles. The van der Waals surface area contributed by atoms with Crippen LogP contribution in [0, 0.1) is 18.6 Å². The zero-order chi connectivity index (χ0) is 28.2. The first-order valence-electron chi connectivity index (χ1n) is 12.6. The van der Waals surface area contributed by atoms with Gasteiger partial charge < -0.3 is 10.1 Å². The number of nitrogens with zero attached hydrogens (tertiary/aromatic N) is 2. The number of aromatic amines is 1. The van der Waals surface area contributed by atoms with E-state index in [1.54, 1.807) is 12.1 Å². The summed E-state index contributed by atoms with van der Waals surface area (Å²) in [6, 6.07) is 10.6. The Balaban J connectivity index is 1.44. The van der Waals surface area contributed by atoms with E-state index >= 15 is 0 Å². The third-order valence-corrected chi connectivity index (χ3v) is 8.13. The van der Waals surface area contributed by atoms with E-state index in [4.69, 9.17) is 9.72 Å². The fraction of sp³-hybridized carbons (Fsp3) is 0.357. The summed E-state index contributed by atoms with van der Waals surface area (Å²) in [4.78, 5) is 4.07. The summed E-state index contributed by atoms with van der Waals surface area (Å²) in [5.41, 5.74) is 2.83. The van der Waals surface area contributed by atoms with Crippen LogP contribution < -0.4 is 14.8 Å². The fourth-order valence-corrected chi connectivity index (χ4v) is 6.60. The zero-order valence-electron chi connectivity index (χ0n) is 22.4. The Hall–Kier alpha value is -3.57. The van der Waals surface area contributed by atoms with E-state index in [2.05, 4.69) is 47.9 Å². The molecule has 0 spiro atoms. The van der Waals surface area contributed by atoms with Gasteiger partial charge in [0, 0.05) is 40.9 Å². The molecule has 8 nitrogen and oxygen atoms in total. The van der Waals surface area contributed by atoms with Gasteiger partial charge in [-0.25, -0.2) is 22.2 Å². The van der Waals surface area contributed by atoms with Gasteiger partial charge in [-0.1, -0.05) is 12.1 Å². The Morgan fingerprint density at radius 1 is 1.00 bits per heavy atom. The van der Waals surface area contributed by atoms with Gasteiger partial charge in [0.1, 0.15) is 22.6 Å². The Kier molecular flexibility index (Phi) is 6.62. The Morgan fingerprint density at radius 3 is 2.33 bits per heavy atom. The highest BCUT2D eigenvalue weighted by molar-refractivity contribution is 7.92. The van der Waals surface area contributed by atoms with E-state index in [0.29, 0.717) is 28.7 Å². The number of aromatic nitrogens is 3. The number of ether oxygens (including phenoxy) is 1. The predicted octanol–water partition coefficient (Wildman–Crippen LogP) is 5.70. The molecule has 11 heteroatoms. The van der Waals surface area contributed by atoms with Crippen LogP contribution in [0.4, 0.5) is 14.5 Å². The Morgan fingerprint density at radius 2 is 1.67 bits per heavy atom. The highest BCUT2D eigenvalue weighted by Gasteiger charge is 2.39. The molecule has 0 radical (unpaired) electrons. The second-order valence-corrected chi connectivity index (χ2v) is 13.0. The largest absolute Gasteiger partial charge is 0.474 e. The standard InChI is InChI=1S/C28H31F2N5O3S/c1-16-25-23(33-32-16)13-22(31-26(25)38-20-14-27(2,3)35-28(4,5)15-20)17-6-9-19(10-7-17)34-39(36,37)24-12-18(29)8-11-21(24)30/h6-13,20,34-35H,14-15H2,1-5H3,(H,32,33). The number of halogens is 2. The van der Waals surface area contributed by atoms with Gasteiger partial charge in [0.05, 0.1) is 16.6 Å². The normalized spacial score (nSPS) is 17.3. The molecule has 4 aromatic rings. The van der Waals surface area contributed by atoms with Gasteiger partial charge in [0.2, 0.25) is 5.88 Å². The lowest BCUT2D eigenvalue weighted by atomic mass is 9.81. The predicted molar refractivity (Wildman–Crippen MR) is 146 cm³/mol. The molecular formula is C28H31F2N5O3S. The molecule has 1 saturated heterocycles. The van der Waals surface area contributed by atoms with Crippen molar-refractivity contribution >= 4 is 26.6 Å². The van der Waals surface area contributed by atoms with E-state index < -0.39 is 26.6 Å². The monoisotopic (exact) mass is 555 g/mol. The van der Waals surface area contributed by atoms with Crippen LogP contribution in [0.25, 0.3) is 22.2 Å². The third-order valence-electron chi connectivity index (χ3n) is 6.73. The molecule has 0 aliphatic carbocycles. The van der Waals surface area contributed by atoms with Gasteiger partial charge in [-0.15, -0.1) is 0 Å². The maximum atomic E-state index is 14.1. The first kappa shape index (κ1) is 27.0. The van der Waals surface area contributed by atoms with E-state index in [-0.39, 0.29) is 22.9 Å². The number of sulfonamides is 1. The molecular weight excluding hydrogens is 524 g/mol. The molecule has 206 valence electrons. The number of hydrogen-bond donors (Lipinski definition) is 3. The van der Waals surface area contributed by atoms with Crippen LogP contribution in [0.2, 0.25) is 0 Å². The lowest BCUT2D eigenvalue weighted by molar-refractivity contribution is 0.0541. The number of piperidine rings is 1. The number of anilines is 1. The second-order valence-electron chi connectivity index (χ2n) is 11.4. The first-order valence-corrected chi connectivity index (χ1v) is 14.1. The zero-order valence-corrected chi connectivity index (χ0v) is 23.2. The van der Waals surface area contributed by atoms with Crippen molar-refractivity contribution in [1.29, 1.82) is 0 Å². The summed E-state index contributed by atoms with van der Waals surface area (Å²) in [5, 5.41) is 11.9. The number of benzene rings is 2. The number of pyridine rings is 1. The van der Waals surface area contributed by atoms with Crippen molar-refractivity contribution in [1.82, 2.24) is 20.5 Å². The third kappa shape index (κ3) is 5.74. The van der Waals surface area contributed by atoms with Crippen molar-refractivity contribution in [3.8, 4) is 17.1 Å². The average molecular weight is 556 g/mol. The van der Waals surface area contributed by atoms with Crippen molar-refractivity contribution in [2.75, 3.05) is 4.72 Å². The molecule has 2 aromatic heterocycles. The van der Waals surface area contributed by atoms with Crippen LogP contribution in [-0.4, -0.2) is 40.8 Å². The summed E-state index contributed by atoms with van der Waals surface area (Å²) in [6.45, 7) is 10.6. The number of fused-ring (bicyclic) bond motifs is 1. The lowest BCUT2D eigenvalue weighted by Gasteiger charge is -2.46. The van der Waals surface area contributed by atoms with Crippen LogP contribution in [0.15, 0.2) is 53.4 Å². The topological polar surface area (TPSA) is 109 Å². The van der Waals surface area contributed by atoms with Crippen molar-refractivity contribution in [3.05, 3.63) is 65.9 Å². The van der Waals surface area contributed by atoms with E-state index in [9.17, 15) is 17.2 Å². The summed E-state index contributed by atoms with van der Waals surface area (Å²) in [7, 11) is -4.33. The van der Waals surface area contributed by atoms with Crippen molar-refractivity contribution < 1.29 is 21.9 Å². The smallest absolute Gasteiger partial charge is 0.264 e. The number of rotatable bonds is 6. The van der Waals surface area contributed by atoms with Gasteiger partial charge in [0.15, 0.2) is 0 Å². The number of nitrogens with one attached hydrogen (secondary N) is 3. The fourth-order valence-electron chi connectivity index (χ4n) is 5.45. The van der Waals surface area contributed by atoms with Crippen molar-refractivity contribution in [2.45, 2.75) is 69.5 Å². The lowest BCUT2D eigenvalue weighted by Crippen LogP contribution is -2.60. The first-order chi connectivity index (χ1) is 18.2. The minimum absolute atomic E-state index is 0.0588. The summed E-state index contributed by atoms with van der Waals surface area (Å²) < 4.78 is 61.7. The van der Waals surface area contributed by atoms with Crippen LogP contribution in [-0.2, 0) is 10.0 Å². The quantitative estimate of drug-likeness (QED) is 0.282. The summed E-state index contributed by atoms with van der Waals surface area (Å²) in [6.07, 6.45) is 1.56. The van der Waals surface area contributed by atoms with Crippen LogP contribution in [0.1, 0.15) is 46.2 Å². The second kappa shape index (κ2) is 9.56. The van der Waals surface area contributed by atoms with Gasteiger partial charge in [0.25, 0.3) is 10.0 Å². The highest BCUT2D eigenvalue weighted by Crippen LogP contribution is 2.35. The molecule has 0 atom stereocenters. The average Bonchev–Trinajstić information content (AvgIpc) is 3.19.